The van der Waals surface area contributed by atoms with E-state index in [1.807, 2.05) is 89.5 Å². The minimum absolute atomic E-state index is 0.312. The van der Waals surface area contributed by atoms with Crippen LogP contribution < -0.4 is 4.80 Å². The maximum absolute atomic E-state index is 13.4. The highest BCUT2D eigenvalue weighted by molar-refractivity contribution is 7.16. The molecule has 2 heterocycles. The number of hydrogen-bond acceptors (Lipinski definition) is 3. The first-order valence-electron chi connectivity index (χ1n) is 9.81. The third kappa shape index (κ3) is 3.54. The SMILES string of the molecule is C#CCn1c(=NC(=O)c2cc(-c3ccccc3)nc3ccccc23)sc2ccccc21. The average molecular weight is 420 g/mol. The Balaban J connectivity index is 1.72. The zero-order valence-electron chi connectivity index (χ0n) is 16.5. The first-order chi connectivity index (χ1) is 15.2. The standard InChI is InChI=1S/C26H17N3OS/c1-2-16-29-23-14-8-9-15-24(23)31-26(29)28-25(30)20-17-22(18-10-4-3-5-11-18)27-21-13-7-6-12-19(20)21/h1,3-15,17H,16H2. The molecule has 31 heavy (non-hydrogen) atoms. The monoisotopic (exact) mass is 419 g/mol. The third-order valence-electron chi connectivity index (χ3n) is 5.05. The number of para-hydroxylation sites is 2. The van der Waals surface area contributed by atoms with Crippen molar-refractivity contribution in [3.63, 3.8) is 0 Å². The van der Waals surface area contributed by atoms with Crippen molar-refractivity contribution in [2.24, 2.45) is 4.99 Å². The lowest BCUT2D eigenvalue weighted by Crippen LogP contribution is -2.16. The number of pyridine rings is 1. The van der Waals surface area contributed by atoms with Gasteiger partial charge in [-0.15, -0.1) is 6.42 Å². The van der Waals surface area contributed by atoms with Crippen LogP contribution in [0.2, 0.25) is 0 Å². The Kier molecular flexibility index (Phi) is 4.91. The molecule has 0 saturated carbocycles. The van der Waals surface area contributed by atoms with Crippen LogP contribution >= 0.6 is 11.3 Å². The number of carbonyl (C=O) groups is 1. The average Bonchev–Trinajstić information content (AvgIpc) is 3.16. The summed E-state index contributed by atoms with van der Waals surface area (Å²) >= 11 is 1.46. The molecule has 2 aromatic heterocycles. The van der Waals surface area contributed by atoms with E-state index < -0.39 is 0 Å². The lowest BCUT2D eigenvalue weighted by Gasteiger charge is -2.07. The van der Waals surface area contributed by atoms with E-state index in [2.05, 4.69) is 10.9 Å². The molecule has 148 valence electrons. The Morgan fingerprint density at radius 2 is 1.74 bits per heavy atom. The van der Waals surface area contributed by atoms with E-state index in [9.17, 15) is 4.79 Å². The second-order valence-electron chi connectivity index (χ2n) is 7.00. The van der Waals surface area contributed by atoms with E-state index in [1.165, 1.54) is 11.3 Å². The maximum Gasteiger partial charge on any atom is 0.280 e. The Hall–Kier alpha value is -4.01. The van der Waals surface area contributed by atoms with Gasteiger partial charge in [-0.2, -0.15) is 4.99 Å². The molecule has 1 amide bonds. The summed E-state index contributed by atoms with van der Waals surface area (Å²) in [4.78, 5) is 23.2. The van der Waals surface area contributed by atoms with Crippen molar-refractivity contribution < 1.29 is 4.79 Å². The molecule has 5 rings (SSSR count). The minimum atomic E-state index is -0.312. The number of fused-ring (bicyclic) bond motifs is 2. The van der Waals surface area contributed by atoms with Crippen molar-refractivity contribution in [2.45, 2.75) is 6.54 Å². The Morgan fingerprint density at radius 1 is 1.00 bits per heavy atom. The molecule has 0 radical (unpaired) electrons. The highest BCUT2D eigenvalue weighted by Crippen LogP contribution is 2.25. The largest absolute Gasteiger partial charge is 0.305 e. The van der Waals surface area contributed by atoms with Crippen molar-refractivity contribution >= 4 is 38.4 Å². The molecule has 5 aromatic rings. The summed E-state index contributed by atoms with van der Waals surface area (Å²) in [6.45, 7) is 0.350. The fourth-order valence-electron chi connectivity index (χ4n) is 3.61. The van der Waals surface area contributed by atoms with Crippen LogP contribution in [0.25, 0.3) is 32.4 Å². The van der Waals surface area contributed by atoms with Crippen molar-refractivity contribution in [3.05, 3.63) is 95.3 Å². The predicted octanol–water partition coefficient (Wildman–Crippen LogP) is 5.29. The number of benzene rings is 3. The predicted molar refractivity (Wildman–Crippen MR) is 126 cm³/mol. The minimum Gasteiger partial charge on any atom is -0.305 e. The van der Waals surface area contributed by atoms with E-state index in [0.717, 1.165) is 32.4 Å². The van der Waals surface area contributed by atoms with Gasteiger partial charge in [-0.25, -0.2) is 4.98 Å². The summed E-state index contributed by atoms with van der Waals surface area (Å²) in [5.41, 5.74) is 3.95. The van der Waals surface area contributed by atoms with Gasteiger partial charge in [0.25, 0.3) is 5.91 Å². The molecular weight excluding hydrogens is 402 g/mol. The normalized spacial score (nSPS) is 11.6. The molecule has 0 fully saturated rings. The molecule has 0 bridgehead atoms. The van der Waals surface area contributed by atoms with Crippen LogP contribution in [0.4, 0.5) is 0 Å². The fraction of sp³-hybridized carbons (Fsp3) is 0.0385. The van der Waals surface area contributed by atoms with Gasteiger partial charge in [-0.05, 0) is 24.3 Å². The molecule has 3 aromatic carbocycles. The maximum atomic E-state index is 13.4. The van der Waals surface area contributed by atoms with Gasteiger partial charge in [0.05, 0.1) is 33.5 Å². The van der Waals surface area contributed by atoms with Gasteiger partial charge in [0.1, 0.15) is 0 Å². The Labute approximate surface area is 183 Å². The molecule has 5 heteroatoms. The van der Waals surface area contributed by atoms with Crippen LogP contribution in [-0.4, -0.2) is 15.5 Å². The number of nitrogens with zero attached hydrogens (tertiary/aromatic N) is 3. The zero-order chi connectivity index (χ0) is 21.2. The smallest absolute Gasteiger partial charge is 0.280 e. The third-order valence-corrected chi connectivity index (χ3v) is 6.11. The second kappa shape index (κ2) is 8.02. The number of thiazole rings is 1. The second-order valence-corrected chi connectivity index (χ2v) is 8.01. The van der Waals surface area contributed by atoms with Crippen molar-refractivity contribution in [3.8, 4) is 23.6 Å². The molecule has 0 spiro atoms. The van der Waals surface area contributed by atoms with Crippen LogP contribution in [0.5, 0.6) is 0 Å². The molecule has 4 nitrogen and oxygen atoms in total. The number of hydrogen-bond donors (Lipinski definition) is 0. The van der Waals surface area contributed by atoms with Crippen LogP contribution in [-0.2, 0) is 6.54 Å². The molecule has 0 aliphatic heterocycles. The highest BCUT2D eigenvalue weighted by Gasteiger charge is 2.14. The number of carbonyl (C=O) groups excluding carboxylic acids is 1. The van der Waals surface area contributed by atoms with Gasteiger partial charge in [-0.1, -0.05) is 77.9 Å². The summed E-state index contributed by atoms with van der Waals surface area (Å²) in [7, 11) is 0. The molecule has 0 saturated heterocycles. The van der Waals surface area contributed by atoms with E-state index in [4.69, 9.17) is 11.4 Å². The lowest BCUT2D eigenvalue weighted by molar-refractivity contribution is 0.0999. The molecule has 0 unspecified atom stereocenters. The van der Waals surface area contributed by atoms with Gasteiger partial charge in [0.2, 0.25) is 0 Å². The summed E-state index contributed by atoms with van der Waals surface area (Å²) < 4.78 is 2.94. The molecule has 0 N–H and O–H groups in total. The zero-order valence-corrected chi connectivity index (χ0v) is 17.3. The molecule has 0 atom stereocenters. The van der Waals surface area contributed by atoms with Crippen LogP contribution in [0.3, 0.4) is 0 Å². The van der Waals surface area contributed by atoms with Crippen molar-refractivity contribution in [2.75, 3.05) is 0 Å². The number of rotatable bonds is 3. The quantitative estimate of drug-likeness (QED) is 0.373. The van der Waals surface area contributed by atoms with E-state index in [0.29, 0.717) is 16.9 Å². The van der Waals surface area contributed by atoms with Gasteiger partial charge in [-0.3, -0.25) is 4.79 Å². The summed E-state index contributed by atoms with van der Waals surface area (Å²) in [6.07, 6.45) is 5.58. The summed E-state index contributed by atoms with van der Waals surface area (Å²) in [5.74, 6) is 2.35. The van der Waals surface area contributed by atoms with Crippen molar-refractivity contribution in [1.29, 1.82) is 0 Å². The van der Waals surface area contributed by atoms with Gasteiger partial charge in [0, 0.05) is 10.9 Å². The van der Waals surface area contributed by atoms with Crippen LogP contribution in [0.15, 0.2) is 89.9 Å². The number of aromatic nitrogens is 2. The summed E-state index contributed by atoms with van der Waals surface area (Å²) in [5, 5.41) is 0.778. The van der Waals surface area contributed by atoms with Crippen molar-refractivity contribution in [1.82, 2.24) is 9.55 Å². The van der Waals surface area contributed by atoms with E-state index in [-0.39, 0.29) is 5.91 Å². The lowest BCUT2D eigenvalue weighted by atomic mass is 10.0. The Morgan fingerprint density at radius 3 is 2.58 bits per heavy atom. The number of terminal acetylenes is 1. The molecule has 0 aliphatic carbocycles. The first kappa shape index (κ1) is 19.0. The topological polar surface area (TPSA) is 47.2 Å². The van der Waals surface area contributed by atoms with Gasteiger partial charge >= 0.3 is 0 Å². The van der Waals surface area contributed by atoms with Gasteiger partial charge in [0.15, 0.2) is 4.80 Å². The molecule has 0 aliphatic rings. The van der Waals surface area contributed by atoms with Gasteiger partial charge < -0.3 is 4.57 Å². The van der Waals surface area contributed by atoms with E-state index in [1.54, 1.807) is 0 Å². The number of amides is 1. The first-order valence-corrected chi connectivity index (χ1v) is 10.6. The Bertz CT molecular complexity index is 1540. The molecular formula is C26H17N3OS. The highest BCUT2D eigenvalue weighted by atomic mass is 32.1. The van der Waals surface area contributed by atoms with Crippen LogP contribution in [0.1, 0.15) is 10.4 Å². The van der Waals surface area contributed by atoms with Crippen LogP contribution in [0, 0.1) is 12.3 Å². The fourth-order valence-corrected chi connectivity index (χ4v) is 4.63. The summed E-state index contributed by atoms with van der Waals surface area (Å²) in [6, 6.07) is 27.2. The van der Waals surface area contributed by atoms with E-state index >= 15 is 0 Å².